The van der Waals surface area contributed by atoms with Crippen LogP contribution in [0.2, 0.25) is 0 Å². The molecule has 2 aliphatic rings. The zero-order chi connectivity index (χ0) is 34.4. The maximum Gasteiger partial charge on any atom is 0.162 e. The highest BCUT2D eigenvalue weighted by Gasteiger charge is 2.29. The number of rotatable bonds is 5. The van der Waals surface area contributed by atoms with Crippen molar-refractivity contribution in [1.29, 1.82) is 0 Å². The molecule has 8 aromatic rings. The van der Waals surface area contributed by atoms with Crippen LogP contribution < -0.4 is 9.80 Å². The van der Waals surface area contributed by atoms with E-state index in [0.29, 0.717) is 11.6 Å². The zero-order valence-electron chi connectivity index (χ0n) is 27.4. The second kappa shape index (κ2) is 12.8. The van der Waals surface area contributed by atoms with E-state index in [1.54, 1.807) is 23.5 Å². The number of hydrogen-bond donors (Lipinski definition) is 0. The maximum absolute atomic E-state index is 4.50. The van der Waals surface area contributed by atoms with E-state index < -0.39 is 0 Å². The van der Waals surface area contributed by atoms with Gasteiger partial charge in [-0.05, 0) is 96.1 Å². The van der Waals surface area contributed by atoms with E-state index >= 15 is 0 Å². The van der Waals surface area contributed by atoms with Crippen LogP contribution in [0.25, 0.3) is 33.9 Å². The average molecular weight is 707 g/mol. The largest absolute Gasteiger partial charge is 0.308 e. The van der Waals surface area contributed by atoms with Gasteiger partial charge in [0.2, 0.25) is 0 Å². The van der Waals surface area contributed by atoms with Crippen molar-refractivity contribution in [2.75, 3.05) is 9.80 Å². The van der Waals surface area contributed by atoms with Gasteiger partial charge in [-0.15, -0.1) is 0 Å². The molecule has 0 spiro atoms. The molecule has 0 unspecified atom stereocenters. The van der Waals surface area contributed by atoms with Crippen LogP contribution in [0.3, 0.4) is 0 Å². The molecule has 2 aromatic heterocycles. The van der Waals surface area contributed by atoms with E-state index in [0.717, 1.165) is 56.4 Å². The quantitative estimate of drug-likeness (QED) is 0.172. The molecule has 0 radical (unpaired) electrons. The molecule has 10 heteroatoms. The van der Waals surface area contributed by atoms with Gasteiger partial charge in [-0.2, -0.15) is 0 Å². The van der Waals surface area contributed by atoms with Gasteiger partial charge >= 0.3 is 0 Å². The number of para-hydroxylation sites is 4. The third-order valence-corrected chi connectivity index (χ3v) is 11.3. The summed E-state index contributed by atoms with van der Waals surface area (Å²) >= 11 is 3.60. The highest BCUT2D eigenvalue weighted by Crippen LogP contribution is 2.55. The molecule has 4 heterocycles. The first kappa shape index (κ1) is 30.5. The van der Waals surface area contributed by atoms with Crippen molar-refractivity contribution in [2.45, 2.75) is 19.6 Å². The SMILES string of the molecule is c1ccc2c(c1)Sc1ccccc1N2c1cc(-c2cc(-c3ncncn3)cc(-c3ncncn3)c2)cc(N2c3ccccc3Sc3ccccc32)c1. The predicted molar refractivity (Wildman–Crippen MR) is 207 cm³/mol. The maximum atomic E-state index is 4.50. The van der Waals surface area contributed by atoms with Gasteiger partial charge in [0.1, 0.15) is 25.3 Å². The van der Waals surface area contributed by atoms with E-state index in [2.05, 4.69) is 167 Å². The number of aromatic nitrogens is 6. The van der Waals surface area contributed by atoms with Crippen LogP contribution in [0.5, 0.6) is 0 Å². The molecular weight excluding hydrogens is 681 g/mol. The Morgan fingerprint density at radius 3 is 1.06 bits per heavy atom. The Hall–Kier alpha value is -6.36. The molecule has 0 saturated heterocycles. The summed E-state index contributed by atoms with van der Waals surface area (Å²) in [5, 5.41) is 0. The van der Waals surface area contributed by atoms with E-state index in [1.165, 1.54) is 44.9 Å². The molecule has 0 N–H and O–H groups in total. The van der Waals surface area contributed by atoms with Gasteiger partial charge in [0.15, 0.2) is 11.6 Å². The van der Waals surface area contributed by atoms with E-state index in [1.807, 2.05) is 6.07 Å². The molecule has 6 aromatic carbocycles. The van der Waals surface area contributed by atoms with E-state index in [4.69, 9.17) is 0 Å². The normalized spacial score (nSPS) is 12.8. The fraction of sp³-hybridized carbons (Fsp3) is 0. The van der Waals surface area contributed by atoms with Gasteiger partial charge in [0.05, 0.1) is 22.7 Å². The molecule has 0 amide bonds. The Labute approximate surface area is 308 Å². The first-order valence-corrected chi connectivity index (χ1v) is 18.3. The molecule has 0 saturated carbocycles. The standard InChI is InChI=1S/C42H26N8S2/c1-5-13-37-33(9-1)49(34-10-2-6-14-38(34)51-37)31-20-28(21-32(22-31)50-35-11-3-7-15-39(35)52-40-16-8-4-12-36(40)50)27-17-29(41-45-23-43-24-46-41)19-30(18-27)42-47-25-44-26-48-42/h1-26H. The molecule has 0 atom stereocenters. The number of nitrogens with zero attached hydrogens (tertiary/aromatic N) is 8. The lowest BCUT2D eigenvalue weighted by Crippen LogP contribution is -2.17. The molecule has 2 aliphatic heterocycles. The summed E-state index contributed by atoms with van der Waals surface area (Å²) < 4.78 is 0. The zero-order valence-corrected chi connectivity index (χ0v) is 29.0. The first-order chi connectivity index (χ1) is 25.8. The van der Waals surface area contributed by atoms with Crippen LogP contribution in [0.4, 0.5) is 34.1 Å². The van der Waals surface area contributed by atoms with Crippen molar-refractivity contribution in [2.24, 2.45) is 0 Å². The van der Waals surface area contributed by atoms with Crippen LogP contribution in [-0.4, -0.2) is 29.9 Å². The minimum absolute atomic E-state index is 0.565. The fourth-order valence-electron chi connectivity index (χ4n) is 6.81. The van der Waals surface area contributed by atoms with Crippen LogP contribution in [-0.2, 0) is 0 Å². The van der Waals surface area contributed by atoms with Crippen molar-refractivity contribution in [3.63, 3.8) is 0 Å². The Morgan fingerprint density at radius 2 is 0.673 bits per heavy atom. The Balaban J connectivity index is 1.26. The number of anilines is 6. The van der Waals surface area contributed by atoms with Gasteiger partial charge in [-0.25, -0.2) is 29.9 Å². The number of hydrogen-bond acceptors (Lipinski definition) is 10. The van der Waals surface area contributed by atoms with Crippen molar-refractivity contribution in [1.82, 2.24) is 29.9 Å². The molecule has 0 fully saturated rings. The minimum Gasteiger partial charge on any atom is -0.308 e. The highest BCUT2D eigenvalue weighted by atomic mass is 32.2. The molecule has 8 nitrogen and oxygen atoms in total. The molecule has 0 bridgehead atoms. The van der Waals surface area contributed by atoms with Gasteiger partial charge < -0.3 is 9.80 Å². The summed E-state index contributed by atoms with van der Waals surface area (Å²) in [5.41, 5.74) is 10.2. The molecule has 246 valence electrons. The highest BCUT2D eigenvalue weighted by molar-refractivity contribution is 8.00. The summed E-state index contributed by atoms with van der Waals surface area (Å²) in [6.07, 6.45) is 6.07. The van der Waals surface area contributed by atoms with Crippen molar-refractivity contribution in [3.8, 4) is 33.9 Å². The predicted octanol–water partition coefficient (Wildman–Crippen LogP) is 10.9. The smallest absolute Gasteiger partial charge is 0.162 e. The third kappa shape index (κ3) is 5.36. The topological polar surface area (TPSA) is 83.8 Å². The fourth-order valence-corrected chi connectivity index (χ4v) is 8.93. The van der Waals surface area contributed by atoms with Crippen LogP contribution >= 0.6 is 23.5 Å². The number of fused-ring (bicyclic) bond motifs is 4. The Bertz CT molecular complexity index is 2360. The van der Waals surface area contributed by atoms with Gasteiger partial charge in [-0.1, -0.05) is 72.1 Å². The molecule has 10 rings (SSSR count). The summed E-state index contributed by atoms with van der Waals surface area (Å²) in [5.74, 6) is 1.13. The van der Waals surface area contributed by atoms with Crippen LogP contribution in [0.15, 0.2) is 178 Å². The number of benzene rings is 6. The van der Waals surface area contributed by atoms with Gasteiger partial charge in [0.25, 0.3) is 0 Å². The lowest BCUT2D eigenvalue weighted by molar-refractivity contribution is 1.05. The Kier molecular flexibility index (Phi) is 7.47. The molecular formula is C42H26N8S2. The summed E-state index contributed by atoms with van der Waals surface area (Å²) in [7, 11) is 0. The second-order valence-corrected chi connectivity index (χ2v) is 14.4. The van der Waals surface area contributed by atoms with Gasteiger partial charge in [-0.3, -0.25) is 0 Å². The van der Waals surface area contributed by atoms with Crippen LogP contribution in [0.1, 0.15) is 0 Å². The van der Waals surface area contributed by atoms with Crippen molar-refractivity contribution < 1.29 is 0 Å². The van der Waals surface area contributed by atoms with Crippen LogP contribution in [0, 0.1) is 0 Å². The summed E-state index contributed by atoms with van der Waals surface area (Å²) in [6.45, 7) is 0. The molecule has 52 heavy (non-hydrogen) atoms. The molecule has 0 aliphatic carbocycles. The first-order valence-electron chi connectivity index (χ1n) is 16.6. The second-order valence-electron chi connectivity index (χ2n) is 12.2. The lowest BCUT2D eigenvalue weighted by Gasteiger charge is -2.36. The van der Waals surface area contributed by atoms with Crippen molar-refractivity contribution in [3.05, 3.63) is 159 Å². The average Bonchev–Trinajstić information content (AvgIpc) is 3.22. The van der Waals surface area contributed by atoms with Crippen molar-refractivity contribution >= 4 is 57.6 Å². The monoisotopic (exact) mass is 706 g/mol. The summed E-state index contributed by atoms with van der Waals surface area (Å²) in [6, 6.07) is 47.6. The lowest BCUT2D eigenvalue weighted by atomic mass is 9.97. The third-order valence-electron chi connectivity index (χ3n) is 9.05. The van der Waals surface area contributed by atoms with Gasteiger partial charge in [0, 0.05) is 42.1 Å². The Morgan fingerprint density at radius 1 is 0.346 bits per heavy atom. The minimum atomic E-state index is 0.565. The van der Waals surface area contributed by atoms with E-state index in [-0.39, 0.29) is 0 Å². The summed E-state index contributed by atoms with van der Waals surface area (Å²) in [4.78, 5) is 35.7. The van der Waals surface area contributed by atoms with E-state index in [9.17, 15) is 0 Å².